The quantitative estimate of drug-likeness (QED) is 0.356. The molecule has 164 valence electrons. The SMILES string of the molecule is CN=C(NCc1ccnc(N(C)C)c1)N1CCC(OCC2CCCCO2)CC1.I. The molecule has 1 N–H and O–H groups in total. The standard InChI is InChI=1S/C21H35N5O2.HI/c1-22-21(24-15-17-7-10-23-20(14-17)25(2)3)26-11-8-18(9-12-26)28-16-19-6-4-5-13-27-19;/h7,10,14,18-19H,4-6,8-9,11-13,15-16H2,1-3H3,(H,22,24);1H. The molecule has 1 atom stereocenters. The van der Waals surface area contributed by atoms with Crippen molar-refractivity contribution >= 4 is 35.8 Å². The number of likely N-dealkylation sites (tertiary alicyclic amines) is 1. The number of aliphatic imine (C=N–C) groups is 1. The van der Waals surface area contributed by atoms with Crippen molar-refractivity contribution in [2.24, 2.45) is 4.99 Å². The molecule has 0 amide bonds. The van der Waals surface area contributed by atoms with Crippen LogP contribution >= 0.6 is 24.0 Å². The Morgan fingerprint density at radius 1 is 1.31 bits per heavy atom. The highest BCUT2D eigenvalue weighted by Crippen LogP contribution is 2.18. The fraction of sp³-hybridized carbons (Fsp3) is 0.714. The molecule has 3 heterocycles. The molecule has 0 spiro atoms. The summed E-state index contributed by atoms with van der Waals surface area (Å²) in [6.07, 6.45) is 8.16. The Kier molecular flexibility index (Phi) is 10.4. The van der Waals surface area contributed by atoms with Crippen LogP contribution < -0.4 is 10.2 Å². The van der Waals surface area contributed by atoms with Crippen molar-refractivity contribution in [1.82, 2.24) is 15.2 Å². The van der Waals surface area contributed by atoms with Gasteiger partial charge in [-0.2, -0.15) is 0 Å². The van der Waals surface area contributed by atoms with E-state index >= 15 is 0 Å². The number of guanidine groups is 1. The average molecular weight is 517 g/mol. The van der Waals surface area contributed by atoms with E-state index in [1.165, 1.54) is 18.4 Å². The van der Waals surface area contributed by atoms with Gasteiger partial charge in [0.25, 0.3) is 0 Å². The van der Waals surface area contributed by atoms with Crippen LogP contribution in [0.25, 0.3) is 0 Å². The molecule has 0 radical (unpaired) electrons. The van der Waals surface area contributed by atoms with Gasteiger partial charge in [0, 0.05) is 53.6 Å². The van der Waals surface area contributed by atoms with E-state index < -0.39 is 0 Å². The van der Waals surface area contributed by atoms with E-state index in [9.17, 15) is 0 Å². The lowest BCUT2D eigenvalue weighted by Gasteiger charge is -2.35. The molecule has 2 saturated heterocycles. The van der Waals surface area contributed by atoms with Gasteiger partial charge in [-0.25, -0.2) is 4.98 Å². The largest absolute Gasteiger partial charge is 0.376 e. The third kappa shape index (κ3) is 7.57. The van der Waals surface area contributed by atoms with E-state index in [2.05, 4.69) is 26.3 Å². The van der Waals surface area contributed by atoms with E-state index in [1.54, 1.807) is 0 Å². The third-order valence-corrected chi connectivity index (χ3v) is 5.46. The van der Waals surface area contributed by atoms with Crippen LogP contribution in [-0.2, 0) is 16.0 Å². The van der Waals surface area contributed by atoms with Crippen LogP contribution in [0, 0.1) is 0 Å². The lowest BCUT2D eigenvalue weighted by molar-refractivity contribution is -0.0721. The average Bonchev–Trinajstić information content (AvgIpc) is 2.74. The molecule has 1 aromatic heterocycles. The lowest BCUT2D eigenvalue weighted by Crippen LogP contribution is -2.47. The number of halogens is 1. The van der Waals surface area contributed by atoms with Gasteiger partial charge in [0.15, 0.2) is 5.96 Å². The van der Waals surface area contributed by atoms with Gasteiger partial charge in [0.2, 0.25) is 0 Å². The van der Waals surface area contributed by atoms with Gasteiger partial charge in [-0.15, -0.1) is 24.0 Å². The highest BCUT2D eigenvalue weighted by molar-refractivity contribution is 14.0. The summed E-state index contributed by atoms with van der Waals surface area (Å²) in [5, 5.41) is 3.49. The first-order valence-corrected chi connectivity index (χ1v) is 10.5. The minimum atomic E-state index is 0. The van der Waals surface area contributed by atoms with Crippen LogP contribution in [-0.4, -0.2) is 75.5 Å². The normalized spacial score (nSPS) is 20.9. The van der Waals surface area contributed by atoms with Crippen molar-refractivity contribution in [1.29, 1.82) is 0 Å². The molecule has 1 unspecified atom stereocenters. The molecule has 0 saturated carbocycles. The molecule has 7 nitrogen and oxygen atoms in total. The number of aromatic nitrogens is 1. The first-order valence-electron chi connectivity index (χ1n) is 10.5. The lowest BCUT2D eigenvalue weighted by atomic mass is 10.1. The molecule has 2 aliphatic rings. The molecule has 1 aromatic rings. The van der Waals surface area contributed by atoms with Crippen molar-refractivity contribution in [3.63, 3.8) is 0 Å². The Morgan fingerprint density at radius 2 is 2.10 bits per heavy atom. The summed E-state index contributed by atoms with van der Waals surface area (Å²) < 4.78 is 11.9. The Bertz CT molecular complexity index is 629. The van der Waals surface area contributed by atoms with Crippen LogP contribution in [0.1, 0.15) is 37.7 Å². The van der Waals surface area contributed by atoms with E-state index in [0.717, 1.165) is 63.9 Å². The van der Waals surface area contributed by atoms with Gasteiger partial charge < -0.3 is 24.6 Å². The number of rotatable bonds is 6. The van der Waals surface area contributed by atoms with Gasteiger partial charge in [0.1, 0.15) is 5.82 Å². The predicted molar refractivity (Wildman–Crippen MR) is 128 cm³/mol. The molecule has 2 aliphatic heterocycles. The fourth-order valence-corrected chi connectivity index (χ4v) is 3.75. The van der Waals surface area contributed by atoms with Crippen molar-refractivity contribution < 1.29 is 9.47 Å². The van der Waals surface area contributed by atoms with Crippen LogP contribution in [0.2, 0.25) is 0 Å². The van der Waals surface area contributed by atoms with Crippen LogP contribution in [0.3, 0.4) is 0 Å². The summed E-state index contributed by atoms with van der Waals surface area (Å²) in [5.41, 5.74) is 1.20. The summed E-state index contributed by atoms with van der Waals surface area (Å²) in [5.74, 6) is 1.92. The first-order chi connectivity index (χ1) is 13.7. The molecule has 0 aromatic carbocycles. The van der Waals surface area contributed by atoms with Gasteiger partial charge in [-0.3, -0.25) is 4.99 Å². The molecular weight excluding hydrogens is 481 g/mol. The monoisotopic (exact) mass is 517 g/mol. The number of anilines is 1. The number of ether oxygens (including phenoxy) is 2. The van der Waals surface area contributed by atoms with Crippen LogP contribution in [0.15, 0.2) is 23.3 Å². The molecule has 29 heavy (non-hydrogen) atoms. The number of piperidine rings is 1. The predicted octanol–water partition coefficient (Wildman–Crippen LogP) is 2.89. The van der Waals surface area contributed by atoms with Crippen molar-refractivity contribution in [2.75, 3.05) is 52.3 Å². The summed E-state index contributed by atoms with van der Waals surface area (Å²) in [6, 6.07) is 4.15. The summed E-state index contributed by atoms with van der Waals surface area (Å²) in [6.45, 7) is 4.31. The summed E-state index contributed by atoms with van der Waals surface area (Å²) in [7, 11) is 5.86. The Morgan fingerprint density at radius 3 is 2.76 bits per heavy atom. The molecule has 2 fully saturated rings. The van der Waals surface area contributed by atoms with E-state index in [4.69, 9.17) is 9.47 Å². The van der Waals surface area contributed by atoms with Crippen molar-refractivity contribution in [2.45, 2.75) is 50.9 Å². The Hall–Kier alpha value is -1.13. The molecule has 3 rings (SSSR count). The van der Waals surface area contributed by atoms with Crippen molar-refractivity contribution in [3.05, 3.63) is 23.9 Å². The zero-order valence-electron chi connectivity index (χ0n) is 18.0. The maximum atomic E-state index is 6.13. The third-order valence-electron chi connectivity index (χ3n) is 5.46. The van der Waals surface area contributed by atoms with Gasteiger partial charge >= 0.3 is 0 Å². The second kappa shape index (κ2) is 12.5. The highest BCUT2D eigenvalue weighted by atomic mass is 127. The minimum Gasteiger partial charge on any atom is -0.376 e. The minimum absolute atomic E-state index is 0. The molecule has 8 heteroatoms. The highest BCUT2D eigenvalue weighted by Gasteiger charge is 2.23. The van der Waals surface area contributed by atoms with E-state index in [-0.39, 0.29) is 24.0 Å². The fourth-order valence-electron chi connectivity index (χ4n) is 3.75. The molecular formula is C21H36IN5O2. The number of hydrogen-bond acceptors (Lipinski definition) is 5. The Labute approximate surface area is 192 Å². The second-order valence-corrected chi connectivity index (χ2v) is 7.83. The van der Waals surface area contributed by atoms with Gasteiger partial charge in [0.05, 0.1) is 18.8 Å². The number of hydrogen-bond donors (Lipinski definition) is 1. The number of nitrogens with one attached hydrogen (secondary N) is 1. The Balaban J connectivity index is 0.00000300. The molecule has 0 aliphatic carbocycles. The zero-order valence-corrected chi connectivity index (χ0v) is 20.3. The van der Waals surface area contributed by atoms with Crippen molar-refractivity contribution in [3.8, 4) is 0 Å². The van der Waals surface area contributed by atoms with Crippen LogP contribution in [0.4, 0.5) is 5.82 Å². The summed E-state index contributed by atoms with van der Waals surface area (Å²) in [4.78, 5) is 13.2. The maximum Gasteiger partial charge on any atom is 0.193 e. The molecule has 0 bridgehead atoms. The zero-order chi connectivity index (χ0) is 19.8. The van der Waals surface area contributed by atoms with Crippen LogP contribution in [0.5, 0.6) is 0 Å². The van der Waals surface area contributed by atoms with Gasteiger partial charge in [-0.1, -0.05) is 0 Å². The maximum absolute atomic E-state index is 6.13. The topological polar surface area (TPSA) is 62.2 Å². The van der Waals surface area contributed by atoms with E-state index in [1.807, 2.05) is 38.3 Å². The smallest absolute Gasteiger partial charge is 0.193 e. The number of nitrogens with zero attached hydrogens (tertiary/aromatic N) is 4. The second-order valence-electron chi connectivity index (χ2n) is 7.83. The summed E-state index contributed by atoms with van der Waals surface area (Å²) >= 11 is 0. The number of pyridine rings is 1. The van der Waals surface area contributed by atoms with Gasteiger partial charge in [-0.05, 0) is 49.8 Å². The van der Waals surface area contributed by atoms with E-state index in [0.29, 0.717) is 12.2 Å². The first kappa shape index (κ1) is 24.1.